The smallest absolute Gasteiger partial charge is 0.238 e. The molecule has 1 aliphatic carbocycles. The first-order chi connectivity index (χ1) is 12.6. The normalized spacial score (nSPS) is 15.8. The summed E-state index contributed by atoms with van der Waals surface area (Å²) in [6.07, 6.45) is 2.18. The minimum atomic E-state index is 0.0347. The first-order valence-electron chi connectivity index (χ1n) is 9.55. The van der Waals surface area contributed by atoms with Crippen molar-refractivity contribution in [3.8, 4) is 0 Å². The van der Waals surface area contributed by atoms with E-state index in [1.54, 1.807) is 0 Å². The van der Waals surface area contributed by atoms with Gasteiger partial charge in [-0.25, -0.2) is 0 Å². The Kier molecular flexibility index (Phi) is 5.94. The fourth-order valence-electron chi connectivity index (χ4n) is 3.87. The minimum Gasteiger partial charge on any atom is -0.372 e. The molecule has 1 atom stereocenters. The zero-order valence-corrected chi connectivity index (χ0v) is 16.0. The summed E-state index contributed by atoms with van der Waals surface area (Å²) in [7, 11) is 2.04. The summed E-state index contributed by atoms with van der Waals surface area (Å²) in [6.45, 7) is 6.66. The van der Waals surface area contributed by atoms with E-state index in [1.807, 2.05) is 19.2 Å². The van der Waals surface area contributed by atoms with Crippen LogP contribution in [0.3, 0.4) is 0 Å². The molecule has 4 heteroatoms. The van der Waals surface area contributed by atoms with Gasteiger partial charge in [-0.2, -0.15) is 0 Å². The lowest BCUT2D eigenvalue weighted by Gasteiger charge is -2.24. The average molecular weight is 351 g/mol. The summed E-state index contributed by atoms with van der Waals surface area (Å²) < 4.78 is 0. The summed E-state index contributed by atoms with van der Waals surface area (Å²) in [6, 6.07) is 17.0. The predicted molar refractivity (Wildman–Crippen MR) is 109 cm³/mol. The van der Waals surface area contributed by atoms with Gasteiger partial charge in [0.05, 0.1) is 6.54 Å². The molecule has 2 aromatic carbocycles. The van der Waals surface area contributed by atoms with Gasteiger partial charge in [0.2, 0.25) is 5.91 Å². The van der Waals surface area contributed by atoms with Gasteiger partial charge in [0.1, 0.15) is 0 Å². The van der Waals surface area contributed by atoms with E-state index in [0.29, 0.717) is 12.6 Å². The lowest BCUT2D eigenvalue weighted by Crippen LogP contribution is -2.32. The van der Waals surface area contributed by atoms with E-state index < -0.39 is 0 Å². The van der Waals surface area contributed by atoms with Crippen LogP contribution in [0.5, 0.6) is 0 Å². The zero-order chi connectivity index (χ0) is 18.5. The van der Waals surface area contributed by atoms with Crippen LogP contribution < -0.4 is 10.2 Å². The summed E-state index contributed by atoms with van der Waals surface area (Å²) in [5.74, 6) is 0.0347. The highest BCUT2D eigenvalue weighted by Crippen LogP contribution is 2.34. The van der Waals surface area contributed by atoms with Gasteiger partial charge in [-0.15, -0.1) is 0 Å². The van der Waals surface area contributed by atoms with Crippen LogP contribution in [0.1, 0.15) is 37.4 Å². The number of amides is 1. The number of fused-ring (bicyclic) bond motifs is 1. The number of carbonyl (C=O) groups is 1. The number of carbonyl (C=O) groups excluding carboxylic acids is 1. The molecular weight excluding hydrogens is 322 g/mol. The van der Waals surface area contributed by atoms with E-state index in [9.17, 15) is 4.79 Å². The molecule has 0 saturated heterocycles. The number of rotatable bonds is 7. The van der Waals surface area contributed by atoms with E-state index in [1.165, 1.54) is 16.8 Å². The predicted octanol–water partition coefficient (Wildman–Crippen LogP) is 4.09. The maximum atomic E-state index is 12.5. The van der Waals surface area contributed by atoms with Gasteiger partial charge in [-0.3, -0.25) is 9.69 Å². The number of nitrogens with one attached hydrogen (secondary N) is 1. The third kappa shape index (κ3) is 4.07. The second-order valence-electron chi connectivity index (χ2n) is 6.94. The Morgan fingerprint density at radius 3 is 2.46 bits per heavy atom. The summed E-state index contributed by atoms with van der Waals surface area (Å²) in [4.78, 5) is 16.9. The number of hydrogen-bond donors (Lipinski definition) is 1. The van der Waals surface area contributed by atoms with Gasteiger partial charge >= 0.3 is 0 Å². The maximum absolute atomic E-state index is 12.5. The van der Waals surface area contributed by atoms with Crippen LogP contribution in [0.4, 0.5) is 11.4 Å². The van der Waals surface area contributed by atoms with Crippen LogP contribution in [0, 0.1) is 0 Å². The molecule has 0 aromatic heterocycles. The standard InChI is InChI=1S/C22H29N3O/c1-4-25(5-2)19-13-11-18(12-14-19)23-22(26)16-24(3)21-15-10-17-8-6-7-9-20(17)21/h6-9,11-14,21H,4-5,10,15-16H2,1-3H3,(H,23,26)/t21-/m1/s1. The lowest BCUT2D eigenvalue weighted by molar-refractivity contribution is -0.117. The Morgan fingerprint density at radius 2 is 1.77 bits per heavy atom. The maximum Gasteiger partial charge on any atom is 0.238 e. The van der Waals surface area contributed by atoms with Crippen molar-refractivity contribution in [1.29, 1.82) is 0 Å². The van der Waals surface area contributed by atoms with Gasteiger partial charge in [-0.05, 0) is 69.1 Å². The highest BCUT2D eigenvalue weighted by Gasteiger charge is 2.26. The van der Waals surface area contributed by atoms with Gasteiger partial charge < -0.3 is 10.2 Å². The van der Waals surface area contributed by atoms with Crippen molar-refractivity contribution in [2.24, 2.45) is 0 Å². The van der Waals surface area contributed by atoms with Crippen LogP contribution in [-0.4, -0.2) is 37.5 Å². The molecule has 3 rings (SSSR count). The third-order valence-corrected chi connectivity index (χ3v) is 5.31. The van der Waals surface area contributed by atoms with E-state index in [2.05, 4.69) is 65.4 Å². The highest BCUT2D eigenvalue weighted by molar-refractivity contribution is 5.92. The molecule has 0 aliphatic heterocycles. The molecule has 2 aromatic rings. The molecule has 1 amide bonds. The Bertz CT molecular complexity index is 737. The molecular formula is C22H29N3O. The van der Waals surface area contributed by atoms with E-state index in [-0.39, 0.29) is 5.91 Å². The Labute approximate surface area is 156 Å². The number of aryl methyl sites for hydroxylation is 1. The van der Waals surface area contributed by atoms with Crippen molar-refractivity contribution in [2.75, 3.05) is 36.9 Å². The fourth-order valence-corrected chi connectivity index (χ4v) is 3.87. The first kappa shape index (κ1) is 18.5. The number of hydrogen-bond acceptors (Lipinski definition) is 3. The molecule has 0 fully saturated rings. The number of likely N-dealkylation sites (N-methyl/N-ethyl adjacent to an activating group) is 1. The molecule has 26 heavy (non-hydrogen) atoms. The van der Waals surface area contributed by atoms with Gasteiger partial charge in [-0.1, -0.05) is 24.3 Å². The number of nitrogens with zero attached hydrogens (tertiary/aromatic N) is 2. The van der Waals surface area contributed by atoms with Crippen molar-refractivity contribution in [3.05, 3.63) is 59.7 Å². The molecule has 0 unspecified atom stereocenters. The van der Waals surface area contributed by atoms with E-state index in [4.69, 9.17) is 0 Å². The van der Waals surface area contributed by atoms with E-state index in [0.717, 1.165) is 31.6 Å². The van der Waals surface area contributed by atoms with Crippen LogP contribution in [0.15, 0.2) is 48.5 Å². The fraction of sp³-hybridized carbons (Fsp3) is 0.409. The van der Waals surface area contributed by atoms with Gasteiger partial charge in [0.15, 0.2) is 0 Å². The summed E-state index contributed by atoms with van der Waals surface area (Å²) in [5.41, 5.74) is 4.82. The van der Waals surface area contributed by atoms with E-state index >= 15 is 0 Å². The van der Waals surface area contributed by atoms with Crippen LogP contribution in [0.25, 0.3) is 0 Å². The largest absolute Gasteiger partial charge is 0.372 e. The van der Waals surface area contributed by atoms with Crippen molar-refractivity contribution >= 4 is 17.3 Å². The topological polar surface area (TPSA) is 35.6 Å². The molecule has 138 valence electrons. The zero-order valence-electron chi connectivity index (χ0n) is 16.0. The molecule has 0 spiro atoms. The van der Waals surface area contributed by atoms with Crippen LogP contribution >= 0.6 is 0 Å². The molecule has 1 N–H and O–H groups in total. The first-order valence-corrected chi connectivity index (χ1v) is 9.55. The number of benzene rings is 2. The van der Waals surface area contributed by atoms with Gasteiger partial charge in [0.25, 0.3) is 0 Å². The number of anilines is 2. The monoisotopic (exact) mass is 351 g/mol. The van der Waals surface area contributed by atoms with Crippen molar-refractivity contribution in [1.82, 2.24) is 4.90 Å². The molecule has 1 aliphatic rings. The third-order valence-electron chi connectivity index (χ3n) is 5.31. The quantitative estimate of drug-likeness (QED) is 0.816. The SMILES string of the molecule is CCN(CC)c1ccc(NC(=O)CN(C)[C@@H]2CCc3ccccc32)cc1. The van der Waals surface area contributed by atoms with Crippen molar-refractivity contribution < 1.29 is 4.79 Å². The van der Waals surface area contributed by atoms with Crippen LogP contribution in [0.2, 0.25) is 0 Å². The Balaban J connectivity index is 1.57. The molecule has 0 saturated carbocycles. The summed E-state index contributed by atoms with van der Waals surface area (Å²) in [5, 5.41) is 3.02. The Hall–Kier alpha value is -2.33. The van der Waals surface area contributed by atoms with Crippen LogP contribution in [-0.2, 0) is 11.2 Å². The molecule has 0 bridgehead atoms. The second-order valence-corrected chi connectivity index (χ2v) is 6.94. The van der Waals surface area contributed by atoms with Gasteiger partial charge in [0, 0.05) is 30.5 Å². The summed E-state index contributed by atoms with van der Waals surface area (Å²) >= 11 is 0. The highest BCUT2D eigenvalue weighted by atomic mass is 16.2. The molecule has 0 radical (unpaired) electrons. The molecule has 0 heterocycles. The minimum absolute atomic E-state index is 0.0347. The lowest BCUT2D eigenvalue weighted by atomic mass is 10.1. The molecule has 4 nitrogen and oxygen atoms in total. The van der Waals surface area contributed by atoms with Crippen molar-refractivity contribution in [2.45, 2.75) is 32.7 Å². The second kappa shape index (κ2) is 8.37. The van der Waals surface area contributed by atoms with Crippen molar-refractivity contribution in [3.63, 3.8) is 0 Å². The Morgan fingerprint density at radius 1 is 1.08 bits per heavy atom. The average Bonchev–Trinajstić information content (AvgIpc) is 3.08.